The normalized spacial score (nSPS) is 27.9. The lowest BCUT2D eigenvalue weighted by molar-refractivity contribution is -0.163. The molecular formula is C37H52BrN3O8. The van der Waals surface area contributed by atoms with E-state index in [-0.39, 0.29) is 48.9 Å². The summed E-state index contributed by atoms with van der Waals surface area (Å²) in [5, 5.41) is 13.4. The molecule has 2 N–H and O–H groups in total. The lowest BCUT2D eigenvalue weighted by Crippen LogP contribution is -2.60. The summed E-state index contributed by atoms with van der Waals surface area (Å²) in [6.07, 6.45) is 4.64. The molecule has 4 rings (SSSR count). The summed E-state index contributed by atoms with van der Waals surface area (Å²) >= 11 is 3.73. The van der Waals surface area contributed by atoms with Gasteiger partial charge < -0.3 is 34.4 Å². The second-order valence-corrected chi connectivity index (χ2v) is 14.5. The number of hydrogen-bond donors (Lipinski definition) is 2. The van der Waals surface area contributed by atoms with Crippen LogP contribution in [0, 0.1) is 11.8 Å². The number of esters is 1. The van der Waals surface area contributed by atoms with Gasteiger partial charge in [-0.3, -0.25) is 19.2 Å². The first-order valence-corrected chi connectivity index (χ1v) is 18.3. The summed E-state index contributed by atoms with van der Waals surface area (Å²) in [6, 6.07) is 6.48. The number of nitrogens with one attached hydrogen (secondary N) is 1. The fourth-order valence-corrected chi connectivity index (χ4v) is 8.85. The van der Waals surface area contributed by atoms with Gasteiger partial charge in [0.15, 0.2) is 0 Å². The minimum atomic E-state index is -1.32. The topological polar surface area (TPSA) is 135 Å². The zero-order chi connectivity index (χ0) is 35.9. The Hall–Kier alpha value is -3.06. The number of benzene rings is 1. The monoisotopic (exact) mass is 745 g/mol. The van der Waals surface area contributed by atoms with Crippen LogP contribution in [0.15, 0.2) is 55.6 Å². The molecule has 10 atom stereocenters. The number of likely N-dealkylation sites (tertiary alicyclic amines) is 1. The van der Waals surface area contributed by atoms with E-state index in [1.165, 1.54) is 12.0 Å². The zero-order valence-electron chi connectivity index (χ0n) is 29.1. The van der Waals surface area contributed by atoms with Gasteiger partial charge in [0.05, 0.1) is 43.2 Å². The Morgan fingerprint density at radius 1 is 1.22 bits per heavy atom. The van der Waals surface area contributed by atoms with Crippen LogP contribution in [-0.4, -0.2) is 106 Å². The molecule has 2 unspecified atom stereocenters. The van der Waals surface area contributed by atoms with Gasteiger partial charge in [0.2, 0.25) is 17.7 Å². The average molecular weight is 747 g/mol. The van der Waals surface area contributed by atoms with E-state index in [1.54, 1.807) is 29.2 Å². The van der Waals surface area contributed by atoms with E-state index in [2.05, 4.69) is 34.4 Å². The Kier molecular flexibility index (Phi) is 13.6. The first kappa shape index (κ1) is 38.7. The number of amides is 3. The first-order valence-electron chi connectivity index (χ1n) is 17.4. The van der Waals surface area contributed by atoms with E-state index in [0.29, 0.717) is 24.8 Å². The fraction of sp³-hybridized carbons (Fsp3) is 0.622. The van der Waals surface area contributed by atoms with Crippen molar-refractivity contribution in [3.63, 3.8) is 0 Å². The number of aliphatic hydroxyl groups is 1. The van der Waals surface area contributed by atoms with E-state index < -0.39 is 59.6 Å². The van der Waals surface area contributed by atoms with E-state index in [0.717, 1.165) is 12.8 Å². The Balaban J connectivity index is 1.75. The molecule has 12 heteroatoms. The molecule has 1 aromatic carbocycles. The molecule has 0 radical (unpaired) electrons. The van der Waals surface area contributed by atoms with Crippen LogP contribution in [-0.2, 0) is 33.4 Å². The molecule has 0 aliphatic carbocycles. The van der Waals surface area contributed by atoms with Gasteiger partial charge in [-0.05, 0) is 38.2 Å². The van der Waals surface area contributed by atoms with Gasteiger partial charge in [-0.2, -0.15) is 0 Å². The zero-order valence-corrected chi connectivity index (χ0v) is 30.7. The Labute approximate surface area is 298 Å². The molecule has 11 nitrogen and oxygen atoms in total. The van der Waals surface area contributed by atoms with Crippen molar-refractivity contribution in [2.45, 2.75) is 106 Å². The summed E-state index contributed by atoms with van der Waals surface area (Å²) in [5.74, 6) is -3.68. The predicted molar refractivity (Wildman–Crippen MR) is 189 cm³/mol. The fourth-order valence-electron chi connectivity index (χ4n) is 7.91. The maximum absolute atomic E-state index is 14.7. The molecule has 3 saturated heterocycles. The number of aliphatic hydroxyl groups excluding tert-OH is 1. The highest BCUT2D eigenvalue weighted by Crippen LogP contribution is 2.61. The molecule has 3 aliphatic rings. The van der Waals surface area contributed by atoms with Crippen LogP contribution in [0.25, 0.3) is 0 Å². The van der Waals surface area contributed by atoms with Crippen molar-refractivity contribution < 1.29 is 38.5 Å². The van der Waals surface area contributed by atoms with Crippen molar-refractivity contribution in [2.75, 3.05) is 26.9 Å². The minimum Gasteiger partial charge on any atom is -0.455 e. The molecule has 0 aromatic heterocycles. The van der Waals surface area contributed by atoms with Crippen LogP contribution >= 0.6 is 15.9 Å². The first-order chi connectivity index (χ1) is 23.5. The second kappa shape index (κ2) is 17.2. The molecular weight excluding hydrogens is 694 g/mol. The number of hydrogen-bond acceptors (Lipinski definition) is 8. The Morgan fingerprint density at radius 2 is 1.94 bits per heavy atom. The molecule has 270 valence electrons. The highest BCUT2D eigenvalue weighted by molar-refractivity contribution is 9.09. The van der Waals surface area contributed by atoms with Crippen LogP contribution in [0.5, 0.6) is 0 Å². The van der Waals surface area contributed by atoms with Crippen molar-refractivity contribution in [2.24, 2.45) is 11.8 Å². The third-order valence-electron chi connectivity index (χ3n) is 10.2. The molecule has 1 spiro atoms. The van der Waals surface area contributed by atoms with Crippen molar-refractivity contribution >= 4 is 39.6 Å². The lowest BCUT2D eigenvalue weighted by atomic mass is 9.70. The molecule has 3 heterocycles. The van der Waals surface area contributed by atoms with Gasteiger partial charge in [-0.25, -0.2) is 0 Å². The highest BCUT2D eigenvalue weighted by atomic mass is 79.9. The van der Waals surface area contributed by atoms with Gasteiger partial charge in [-0.1, -0.05) is 78.7 Å². The van der Waals surface area contributed by atoms with Gasteiger partial charge >= 0.3 is 5.97 Å². The molecule has 0 saturated carbocycles. The van der Waals surface area contributed by atoms with Crippen molar-refractivity contribution in [3.8, 4) is 0 Å². The predicted octanol–water partition coefficient (Wildman–Crippen LogP) is 4.09. The molecule has 3 fully saturated rings. The van der Waals surface area contributed by atoms with Gasteiger partial charge in [0.1, 0.15) is 17.7 Å². The van der Waals surface area contributed by atoms with Gasteiger partial charge in [0.25, 0.3) is 0 Å². The number of carbonyl (C=O) groups is 4. The number of methoxy groups -OCH3 is 1. The molecule has 1 aromatic rings. The molecule has 2 bridgehead atoms. The van der Waals surface area contributed by atoms with Gasteiger partial charge in [-0.15, -0.1) is 13.2 Å². The lowest BCUT2D eigenvalue weighted by Gasteiger charge is -2.40. The highest BCUT2D eigenvalue weighted by Gasteiger charge is 2.77. The molecule has 49 heavy (non-hydrogen) atoms. The van der Waals surface area contributed by atoms with Crippen molar-refractivity contribution in [1.82, 2.24) is 15.1 Å². The molecule has 3 amide bonds. The van der Waals surface area contributed by atoms with Crippen LogP contribution in [0.2, 0.25) is 0 Å². The number of carbonyl (C=O) groups excluding carboxylic acids is 4. The SMILES string of the molecule is C=CCCC(=O)N[C@@H](COC)[C@@H](OC(=O)[C@H]1[C@@H]2O[C@@]3(CC2Br)[C@@H]1C(=O)N([C@@H](CC)CO)[C@@H]3C(=O)N(CC=C)C(C)CCC)c1ccccc1. The number of rotatable bonds is 19. The summed E-state index contributed by atoms with van der Waals surface area (Å²) < 4.78 is 18.5. The summed E-state index contributed by atoms with van der Waals surface area (Å²) in [4.78, 5) is 59.5. The largest absolute Gasteiger partial charge is 0.455 e. The summed E-state index contributed by atoms with van der Waals surface area (Å²) in [5.41, 5.74) is -0.683. The number of allylic oxidation sites excluding steroid dienone is 1. The number of halogens is 1. The van der Waals surface area contributed by atoms with Crippen LogP contribution in [0.1, 0.15) is 71.0 Å². The number of ether oxygens (including phenoxy) is 3. The second-order valence-electron chi connectivity index (χ2n) is 13.3. The van der Waals surface area contributed by atoms with Crippen LogP contribution in [0.4, 0.5) is 0 Å². The maximum Gasteiger partial charge on any atom is 0.313 e. The maximum atomic E-state index is 14.7. The van der Waals surface area contributed by atoms with E-state index in [9.17, 15) is 24.3 Å². The third-order valence-corrected chi connectivity index (χ3v) is 11.0. The molecule has 3 aliphatic heterocycles. The Morgan fingerprint density at radius 3 is 2.53 bits per heavy atom. The summed E-state index contributed by atoms with van der Waals surface area (Å²) in [6.45, 7) is 13.4. The number of fused-ring (bicyclic) bond motifs is 1. The van der Waals surface area contributed by atoms with Crippen molar-refractivity contribution in [3.05, 3.63) is 61.2 Å². The van der Waals surface area contributed by atoms with Crippen molar-refractivity contribution in [1.29, 1.82) is 0 Å². The standard InChI is InChI=1S/C37H52BrN3O8/c1-7-11-18-28(43)39-27(22-47-6)31(24-16-13-12-14-17-24)48-36(46)29-30-34(44)41(25(10-4)21-42)33(37(30)20-26(38)32(29)49-37)35(45)40(19-9-3)23(5)15-8-2/h7,9,12-14,16-17,23,25-27,29-33,42H,1,3,8,10-11,15,18-22H2,2,4-6H3,(H,39,43)/t23?,25-,26?,27-,29+,30-,31-,32+,33+,37-/m0/s1. The number of nitrogens with zero attached hydrogens (tertiary/aromatic N) is 2. The van der Waals surface area contributed by atoms with E-state index >= 15 is 0 Å². The van der Waals surface area contributed by atoms with E-state index in [4.69, 9.17) is 14.2 Å². The van der Waals surface area contributed by atoms with Gasteiger partial charge in [0, 0.05) is 30.9 Å². The minimum absolute atomic E-state index is 0.0543. The quantitative estimate of drug-likeness (QED) is 0.123. The third kappa shape index (κ3) is 7.67. The van der Waals surface area contributed by atoms with Crippen LogP contribution in [0.3, 0.4) is 0 Å². The smallest absolute Gasteiger partial charge is 0.313 e. The summed E-state index contributed by atoms with van der Waals surface area (Å²) in [7, 11) is 1.50. The van der Waals surface area contributed by atoms with E-state index in [1.807, 2.05) is 39.0 Å². The Bertz CT molecular complexity index is 1340. The average Bonchev–Trinajstić information content (AvgIpc) is 3.69. The number of alkyl halides is 1. The van der Waals surface area contributed by atoms with Crippen LogP contribution < -0.4 is 5.32 Å².